The van der Waals surface area contributed by atoms with Gasteiger partial charge in [-0.3, -0.25) is 0 Å². The first kappa shape index (κ1) is 14.6. The van der Waals surface area contributed by atoms with Gasteiger partial charge >= 0.3 is 5.95 Å². The van der Waals surface area contributed by atoms with Gasteiger partial charge in [0.2, 0.25) is 0 Å². The van der Waals surface area contributed by atoms with Crippen LogP contribution in [0.2, 0.25) is 0 Å². The zero-order valence-corrected chi connectivity index (χ0v) is 14.2. The molecule has 0 saturated heterocycles. The molecule has 126 valence electrons. The third-order valence-corrected chi connectivity index (χ3v) is 5.38. The van der Waals surface area contributed by atoms with E-state index in [1.807, 2.05) is 30.3 Å². The summed E-state index contributed by atoms with van der Waals surface area (Å²) in [7, 11) is 0. The van der Waals surface area contributed by atoms with Crippen molar-refractivity contribution < 1.29 is 14.0 Å². The Hall–Kier alpha value is -2.75. The first-order valence-electron chi connectivity index (χ1n) is 8.61. The highest BCUT2D eigenvalue weighted by Crippen LogP contribution is 2.54. The van der Waals surface area contributed by atoms with Crippen LogP contribution in [-0.2, 0) is 0 Å². The van der Waals surface area contributed by atoms with Crippen molar-refractivity contribution in [1.29, 1.82) is 0 Å². The van der Waals surface area contributed by atoms with Gasteiger partial charge in [-0.1, -0.05) is 53.7 Å². The first-order valence-corrected chi connectivity index (χ1v) is 8.61. The minimum absolute atomic E-state index is 0.144. The Morgan fingerprint density at radius 3 is 2.60 bits per heavy atom. The van der Waals surface area contributed by atoms with Crippen molar-refractivity contribution in [3.05, 3.63) is 65.7 Å². The van der Waals surface area contributed by atoms with Crippen LogP contribution in [0.25, 0.3) is 11.3 Å². The molecule has 0 amide bonds. The molecule has 0 N–H and O–H groups in total. The van der Waals surface area contributed by atoms with Crippen molar-refractivity contribution in [2.45, 2.75) is 25.4 Å². The van der Waals surface area contributed by atoms with Crippen LogP contribution in [0.5, 0.6) is 11.7 Å². The van der Waals surface area contributed by atoms with E-state index in [2.05, 4.69) is 43.3 Å². The molecular formula is C21H19NO3. The van der Waals surface area contributed by atoms with Gasteiger partial charge in [-0.2, -0.15) is 0 Å². The number of fused-ring (bicyclic) bond motifs is 5. The van der Waals surface area contributed by atoms with Crippen LogP contribution in [0.4, 0.5) is 0 Å². The highest BCUT2D eigenvalue weighted by atomic mass is 16.6. The van der Waals surface area contributed by atoms with Gasteiger partial charge in [0.15, 0.2) is 0 Å². The summed E-state index contributed by atoms with van der Waals surface area (Å²) in [4.78, 5) is 0. The Morgan fingerprint density at radius 2 is 1.76 bits per heavy atom. The average molecular weight is 333 g/mol. The van der Waals surface area contributed by atoms with E-state index in [1.54, 1.807) is 0 Å². The largest absolute Gasteiger partial charge is 0.493 e. The maximum Gasteiger partial charge on any atom is 0.316 e. The van der Waals surface area contributed by atoms with Crippen LogP contribution in [0.15, 0.2) is 59.1 Å². The maximum atomic E-state index is 6.20. The van der Waals surface area contributed by atoms with Crippen LogP contribution in [0.1, 0.15) is 30.9 Å². The molecule has 4 heteroatoms. The fourth-order valence-electron chi connectivity index (χ4n) is 4.07. The van der Waals surface area contributed by atoms with Crippen molar-refractivity contribution >= 4 is 0 Å². The predicted molar refractivity (Wildman–Crippen MR) is 93.9 cm³/mol. The predicted octanol–water partition coefficient (Wildman–Crippen LogP) is 4.65. The van der Waals surface area contributed by atoms with E-state index in [0.717, 1.165) is 22.6 Å². The Bertz CT molecular complexity index is 929. The highest BCUT2D eigenvalue weighted by Gasteiger charge is 2.50. The number of ether oxygens (including phenoxy) is 2. The molecule has 0 bridgehead atoms. The van der Waals surface area contributed by atoms with E-state index >= 15 is 0 Å². The summed E-state index contributed by atoms with van der Waals surface area (Å²) in [5.74, 6) is 1.80. The third kappa shape index (κ3) is 2.10. The molecule has 2 aromatic carbocycles. The molecule has 1 aromatic heterocycles. The molecule has 3 heterocycles. The molecule has 3 aromatic rings. The molecule has 5 rings (SSSR count). The zero-order chi connectivity index (χ0) is 17.0. The molecule has 0 unspecified atom stereocenters. The van der Waals surface area contributed by atoms with Crippen LogP contribution in [0, 0.1) is 5.92 Å². The monoisotopic (exact) mass is 333 g/mol. The molecule has 4 nitrogen and oxygen atoms in total. The Labute approximate surface area is 146 Å². The number of para-hydroxylation sites is 1. The minimum Gasteiger partial charge on any atom is -0.493 e. The van der Waals surface area contributed by atoms with E-state index in [9.17, 15) is 0 Å². The summed E-state index contributed by atoms with van der Waals surface area (Å²) < 4.78 is 17.9. The van der Waals surface area contributed by atoms with Crippen molar-refractivity contribution in [2.75, 3.05) is 6.61 Å². The molecule has 0 radical (unpaired) electrons. The van der Waals surface area contributed by atoms with Crippen LogP contribution < -0.4 is 9.47 Å². The summed E-state index contributed by atoms with van der Waals surface area (Å²) >= 11 is 0. The van der Waals surface area contributed by atoms with Crippen LogP contribution in [0.3, 0.4) is 0 Å². The second kappa shape index (κ2) is 5.12. The summed E-state index contributed by atoms with van der Waals surface area (Å²) in [6, 6.07) is 18.4. The fourth-order valence-corrected chi connectivity index (χ4v) is 4.07. The van der Waals surface area contributed by atoms with Gasteiger partial charge in [0.1, 0.15) is 17.0 Å². The molecule has 2 aliphatic heterocycles. The minimum atomic E-state index is -0.390. The fraction of sp³-hybridized carbons (Fsp3) is 0.286. The molecular weight excluding hydrogens is 314 g/mol. The highest BCUT2D eigenvalue weighted by molar-refractivity contribution is 5.68. The van der Waals surface area contributed by atoms with Gasteiger partial charge in [-0.25, -0.2) is 0 Å². The van der Waals surface area contributed by atoms with Gasteiger partial charge < -0.3 is 14.0 Å². The van der Waals surface area contributed by atoms with E-state index in [0.29, 0.717) is 12.6 Å². The van der Waals surface area contributed by atoms with Crippen molar-refractivity contribution in [1.82, 2.24) is 5.16 Å². The normalized spacial score (nSPS) is 22.8. The smallest absolute Gasteiger partial charge is 0.316 e. The van der Waals surface area contributed by atoms with Crippen LogP contribution >= 0.6 is 0 Å². The second-order valence-electron chi connectivity index (χ2n) is 7.24. The lowest BCUT2D eigenvalue weighted by Gasteiger charge is -2.45. The lowest BCUT2D eigenvalue weighted by molar-refractivity contribution is -0.0335. The molecule has 25 heavy (non-hydrogen) atoms. The number of benzene rings is 2. The lowest BCUT2D eigenvalue weighted by Crippen LogP contribution is -2.49. The molecule has 2 atom stereocenters. The molecule has 2 aliphatic rings. The summed E-state index contributed by atoms with van der Waals surface area (Å²) in [6.07, 6.45) is 0. The number of nitrogens with zero attached hydrogens (tertiary/aromatic N) is 1. The SMILES string of the molecule is CC1(C)Oc2onc(-c3ccccc3)c2[C@H]2c3ccccc3OC[C@@H]21. The Balaban J connectivity index is 1.76. The van der Waals surface area contributed by atoms with Crippen molar-refractivity contribution in [2.24, 2.45) is 5.92 Å². The van der Waals surface area contributed by atoms with Gasteiger partial charge in [0, 0.05) is 23.0 Å². The quantitative estimate of drug-likeness (QED) is 0.650. The zero-order valence-electron chi connectivity index (χ0n) is 14.2. The van der Waals surface area contributed by atoms with Crippen LogP contribution in [-0.4, -0.2) is 17.4 Å². The Kier molecular flexibility index (Phi) is 2.99. The molecule has 0 aliphatic carbocycles. The van der Waals surface area contributed by atoms with E-state index < -0.39 is 5.60 Å². The molecule has 0 spiro atoms. The standard InChI is InChI=1S/C21H19NO3/c1-21(2)15-12-23-16-11-7-6-10-14(16)17(15)18-19(22-25-20(18)24-21)13-8-4-3-5-9-13/h3-11,15,17H,12H2,1-2H3/t15-,17-/m0/s1. The Morgan fingerprint density at radius 1 is 1.00 bits per heavy atom. The first-order chi connectivity index (χ1) is 12.1. The van der Waals surface area contributed by atoms with E-state index in [4.69, 9.17) is 14.0 Å². The topological polar surface area (TPSA) is 44.5 Å². The summed E-state index contributed by atoms with van der Waals surface area (Å²) in [5.41, 5.74) is 3.72. The van der Waals surface area contributed by atoms with Crippen molar-refractivity contribution in [3.63, 3.8) is 0 Å². The van der Waals surface area contributed by atoms with E-state index in [-0.39, 0.29) is 11.8 Å². The van der Waals surface area contributed by atoms with Gasteiger partial charge in [-0.15, -0.1) is 0 Å². The summed E-state index contributed by atoms with van der Waals surface area (Å²) in [6.45, 7) is 4.80. The molecule has 0 fully saturated rings. The average Bonchev–Trinajstić information content (AvgIpc) is 3.04. The van der Waals surface area contributed by atoms with E-state index in [1.165, 1.54) is 5.56 Å². The maximum absolute atomic E-state index is 6.20. The number of hydrogen-bond acceptors (Lipinski definition) is 4. The van der Waals surface area contributed by atoms with Gasteiger partial charge in [0.25, 0.3) is 0 Å². The number of aromatic nitrogens is 1. The second-order valence-corrected chi connectivity index (χ2v) is 7.24. The summed E-state index contributed by atoms with van der Waals surface area (Å²) in [5, 5.41) is 4.36. The van der Waals surface area contributed by atoms with Crippen molar-refractivity contribution in [3.8, 4) is 23.0 Å². The third-order valence-electron chi connectivity index (χ3n) is 5.38. The molecule has 0 saturated carbocycles. The number of hydrogen-bond donors (Lipinski definition) is 0. The number of rotatable bonds is 1. The van der Waals surface area contributed by atoms with Gasteiger partial charge in [-0.05, 0) is 19.9 Å². The van der Waals surface area contributed by atoms with Gasteiger partial charge in [0.05, 0.1) is 12.2 Å². The lowest BCUT2D eigenvalue weighted by atomic mass is 9.70.